The summed E-state index contributed by atoms with van der Waals surface area (Å²) < 4.78 is 12.4. The third-order valence-electron chi connectivity index (χ3n) is 1.30. The maximum absolute atomic E-state index is 12.4. The summed E-state index contributed by atoms with van der Waals surface area (Å²) in [6, 6.07) is 1.12. The lowest BCUT2D eigenvalue weighted by Crippen LogP contribution is -1.94. The van der Waals surface area contributed by atoms with Crippen molar-refractivity contribution in [1.29, 1.82) is 0 Å². The van der Waals surface area contributed by atoms with Crippen molar-refractivity contribution in [1.82, 2.24) is 4.98 Å². The molecule has 0 aromatic carbocycles. The van der Waals surface area contributed by atoms with Crippen LogP contribution in [-0.2, 0) is 0 Å². The third-order valence-corrected chi connectivity index (χ3v) is 1.62. The van der Waals surface area contributed by atoms with Gasteiger partial charge < -0.3 is 5.11 Å². The maximum Gasteiger partial charge on any atom is 0.213 e. The van der Waals surface area contributed by atoms with E-state index >= 15 is 0 Å². The van der Waals surface area contributed by atoms with Crippen LogP contribution < -0.4 is 0 Å². The Kier molecular flexibility index (Phi) is 2.42. The molecule has 0 amide bonds. The largest absolute Gasteiger partial charge is 0.389 e. The molecule has 1 atom stereocenters. The van der Waals surface area contributed by atoms with E-state index in [4.69, 9.17) is 16.7 Å². The number of rotatable bonds is 1. The molecule has 0 aliphatic carbocycles. The second-order valence-electron chi connectivity index (χ2n) is 2.20. The standard InChI is InChI=1S/C7H7ClFNO/c1-4(11)5-2-7(9)10-3-6(5)8/h2-4,11H,1H3/t4-/m1/s1. The highest BCUT2D eigenvalue weighted by Gasteiger charge is 2.07. The fraction of sp³-hybridized carbons (Fsp3) is 0.286. The van der Waals surface area contributed by atoms with Crippen LogP contribution in [0.5, 0.6) is 0 Å². The molecule has 1 N–H and O–H groups in total. The summed E-state index contributed by atoms with van der Waals surface area (Å²) in [4.78, 5) is 3.31. The van der Waals surface area contributed by atoms with Gasteiger partial charge >= 0.3 is 0 Å². The van der Waals surface area contributed by atoms with Gasteiger partial charge in [0.15, 0.2) is 0 Å². The minimum atomic E-state index is -0.764. The number of nitrogens with zero attached hydrogens (tertiary/aromatic N) is 1. The number of hydrogen-bond donors (Lipinski definition) is 1. The first-order valence-electron chi connectivity index (χ1n) is 3.10. The molecule has 4 heteroatoms. The van der Waals surface area contributed by atoms with Crippen molar-refractivity contribution in [2.45, 2.75) is 13.0 Å². The molecule has 60 valence electrons. The Balaban J connectivity index is 3.13. The SMILES string of the molecule is C[C@@H](O)c1cc(F)ncc1Cl. The van der Waals surface area contributed by atoms with E-state index in [-0.39, 0.29) is 5.02 Å². The summed E-state index contributed by atoms with van der Waals surface area (Å²) in [5, 5.41) is 9.33. The van der Waals surface area contributed by atoms with Gasteiger partial charge in [-0.05, 0) is 6.92 Å². The molecule has 0 saturated heterocycles. The van der Waals surface area contributed by atoms with Gasteiger partial charge in [0, 0.05) is 17.8 Å². The van der Waals surface area contributed by atoms with E-state index in [1.165, 1.54) is 13.1 Å². The summed E-state index contributed by atoms with van der Waals surface area (Å²) in [6.07, 6.45) is 0.416. The van der Waals surface area contributed by atoms with Gasteiger partial charge in [0.25, 0.3) is 0 Å². The first-order valence-corrected chi connectivity index (χ1v) is 3.48. The third kappa shape index (κ3) is 1.88. The number of aliphatic hydroxyl groups is 1. The molecule has 1 rings (SSSR count). The number of halogens is 2. The Hall–Kier alpha value is -0.670. The van der Waals surface area contributed by atoms with Gasteiger partial charge in [-0.25, -0.2) is 4.98 Å². The quantitative estimate of drug-likeness (QED) is 0.662. The molecule has 0 spiro atoms. The summed E-state index contributed by atoms with van der Waals surface area (Å²) in [6.45, 7) is 1.51. The van der Waals surface area contributed by atoms with Crippen molar-refractivity contribution in [3.63, 3.8) is 0 Å². The number of aliphatic hydroxyl groups excluding tert-OH is 1. The fourth-order valence-electron chi connectivity index (χ4n) is 0.748. The second-order valence-corrected chi connectivity index (χ2v) is 2.61. The highest BCUT2D eigenvalue weighted by molar-refractivity contribution is 6.31. The Morgan fingerprint density at radius 2 is 2.36 bits per heavy atom. The Bertz CT molecular complexity index is 265. The van der Waals surface area contributed by atoms with Crippen LogP contribution in [0.25, 0.3) is 0 Å². The molecule has 0 bridgehead atoms. The normalized spacial score (nSPS) is 13.1. The molecule has 1 aromatic heterocycles. The summed E-state index contributed by atoms with van der Waals surface area (Å²) in [5.41, 5.74) is 0.360. The van der Waals surface area contributed by atoms with Gasteiger partial charge in [-0.3, -0.25) is 0 Å². The molecule has 0 radical (unpaired) electrons. The van der Waals surface area contributed by atoms with Crippen molar-refractivity contribution >= 4 is 11.6 Å². The Morgan fingerprint density at radius 1 is 1.73 bits per heavy atom. The zero-order valence-electron chi connectivity index (χ0n) is 5.88. The summed E-state index contributed by atoms with van der Waals surface area (Å²) in [7, 11) is 0. The minimum Gasteiger partial charge on any atom is -0.389 e. The van der Waals surface area contributed by atoms with Crippen LogP contribution in [0.1, 0.15) is 18.6 Å². The maximum atomic E-state index is 12.4. The molecule has 0 aliphatic heterocycles. The molecular weight excluding hydrogens is 169 g/mol. The first-order chi connectivity index (χ1) is 5.11. The van der Waals surface area contributed by atoms with Crippen LogP contribution in [0.3, 0.4) is 0 Å². The van der Waals surface area contributed by atoms with Crippen LogP contribution >= 0.6 is 11.6 Å². The number of hydrogen-bond acceptors (Lipinski definition) is 2. The topological polar surface area (TPSA) is 33.1 Å². The van der Waals surface area contributed by atoms with Crippen molar-refractivity contribution < 1.29 is 9.50 Å². The van der Waals surface area contributed by atoms with E-state index in [1.54, 1.807) is 0 Å². The monoisotopic (exact) mass is 175 g/mol. The van der Waals surface area contributed by atoms with Gasteiger partial charge in [-0.2, -0.15) is 4.39 Å². The first kappa shape index (κ1) is 8.43. The average molecular weight is 176 g/mol. The van der Waals surface area contributed by atoms with Crippen molar-refractivity contribution in [3.05, 3.63) is 28.8 Å². The van der Waals surface area contributed by atoms with Crippen molar-refractivity contribution in [3.8, 4) is 0 Å². The lowest BCUT2D eigenvalue weighted by molar-refractivity contribution is 0.198. The molecule has 1 heterocycles. The van der Waals surface area contributed by atoms with Crippen LogP contribution in [0.15, 0.2) is 12.3 Å². The second kappa shape index (κ2) is 3.15. The van der Waals surface area contributed by atoms with Gasteiger partial charge in [0.05, 0.1) is 11.1 Å². The molecule has 0 fully saturated rings. The predicted molar refractivity (Wildman–Crippen MR) is 39.8 cm³/mol. The zero-order valence-corrected chi connectivity index (χ0v) is 6.64. The molecule has 0 saturated carbocycles. The molecule has 2 nitrogen and oxygen atoms in total. The number of pyridine rings is 1. The molecule has 0 aliphatic rings. The fourth-order valence-corrected chi connectivity index (χ4v) is 1.01. The van der Waals surface area contributed by atoms with Gasteiger partial charge in [0.2, 0.25) is 5.95 Å². The highest BCUT2D eigenvalue weighted by Crippen LogP contribution is 2.21. The Labute approximate surface area is 68.6 Å². The van der Waals surface area contributed by atoms with E-state index in [9.17, 15) is 4.39 Å². The zero-order chi connectivity index (χ0) is 8.43. The molecule has 11 heavy (non-hydrogen) atoms. The average Bonchev–Trinajstić information content (AvgIpc) is 1.94. The van der Waals surface area contributed by atoms with E-state index in [1.807, 2.05) is 0 Å². The lowest BCUT2D eigenvalue weighted by Gasteiger charge is -2.05. The van der Waals surface area contributed by atoms with Gasteiger partial charge in [-0.15, -0.1) is 0 Å². The number of aromatic nitrogens is 1. The minimum absolute atomic E-state index is 0.279. The molecular formula is C7H7ClFNO. The summed E-state index contributed by atoms with van der Waals surface area (Å²) >= 11 is 5.60. The van der Waals surface area contributed by atoms with E-state index in [2.05, 4.69) is 4.98 Å². The van der Waals surface area contributed by atoms with Crippen LogP contribution in [-0.4, -0.2) is 10.1 Å². The molecule has 1 aromatic rings. The van der Waals surface area contributed by atoms with Crippen LogP contribution in [0, 0.1) is 5.95 Å². The smallest absolute Gasteiger partial charge is 0.213 e. The summed E-state index contributed by atoms with van der Waals surface area (Å²) in [5.74, 6) is -0.634. The van der Waals surface area contributed by atoms with E-state index in [0.29, 0.717) is 5.56 Å². The predicted octanol–water partition coefficient (Wildman–Crippen LogP) is 1.93. The Morgan fingerprint density at radius 3 is 2.82 bits per heavy atom. The lowest BCUT2D eigenvalue weighted by atomic mass is 10.2. The highest BCUT2D eigenvalue weighted by atomic mass is 35.5. The van der Waals surface area contributed by atoms with Crippen molar-refractivity contribution in [2.24, 2.45) is 0 Å². The van der Waals surface area contributed by atoms with E-state index in [0.717, 1.165) is 6.07 Å². The molecule has 0 unspecified atom stereocenters. The van der Waals surface area contributed by atoms with Gasteiger partial charge in [-0.1, -0.05) is 11.6 Å². The van der Waals surface area contributed by atoms with Gasteiger partial charge in [0.1, 0.15) is 0 Å². The van der Waals surface area contributed by atoms with Crippen LogP contribution in [0.2, 0.25) is 5.02 Å². The van der Waals surface area contributed by atoms with Crippen LogP contribution in [0.4, 0.5) is 4.39 Å². The van der Waals surface area contributed by atoms with Crippen molar-refractivity contribution in [2.75, 3.05) is 0 Å². The van der Waals surface area contributed by atoms with E-state index < -0.39 is 12.1 Å².